The van der Waals surface area contributed by atoms with Crippen molar-refractivity contribution in [1.29, 1.82) is 0 Å². The first-order valence-electron chi connectivity index (χ1n) is 25.9. The summed E-state index contributed by atoms with van der Waals surface area (Å²) in [6.07, 6.45) is 18.9. The van der Waals surface area contributed by atoms with E-state index in [0.29, 0.717) is 70.6 Å². The number of allylic oxidation sites excluding steroid dienone is 6. The van der Waals surface area contributed by atoms with Gasteiger partial charge in [-0.1, -0.05) is 39.3 Å². The first-order chi connectivity index (χ1) is 34.0. The van der Waals surface area contributed by atoms with Gasteiger partial charge in [0, 0.05) is 96.4 Å². The SMILES string of the molecule is CC(C)(C)C1=C/C(=C/C=C/C2=[N+](CCCCCC(=O)NCCOCCOCCNC(=O)CCCC[C@H]3SC[C@H]4NC(=O)N[C@H]43)c3ccc(S(=O)(=O)O)cc3C2(C)C)c2cc3c4c(c2O1)CCCN4CCC3. The van der Waals surface area contributed by atoms with E-state index in [0.717, 1.165) is 116 Å². The zero-order valence-electron chi connectivity index (χ0n) is 42.3. The Labute approximate surface area is 424 Å². The zero-order chi connectivity index (χ0) is 50.3. The third-order valence-electron chi connectivity index (χ3n) is 14.6. The molecule has 2 fully saturated rings. The summed E-state index contributed by atoms with van der Waals surface area (Å²) in [5.74, 6) is 2.85. The second-order valence-electron chi connectivity index (χ2n) is 21.2. The van der Waals surface area contributed by atoms with Gasteiger partial charge in [-0.3, -0.25) is 14.1 Å². The van der Waals surface area contributed by atoms with Gasteiger partial charge in [-0.2, -0.15) is 24.8 Å². The standard InChI is InChI=1S/C54H74N6O9S2/c1-53(2,3)46-33-36(40-32-37-15-12-25-59-26-13-16-39(50(37)59)51(40)69-46)14-11-18-45-54(4,5)41-34-38(71(64,65)66)21-22-43(41)60(45)27-10-6-7-19-47(61)55-23-28-67-30-31-68-29-24-56-48(62)20-9-8-17-44-49-42(35-70-44)57-52(63)58-49/h11,14,18,21-22,32-34,42,44,49H,6-10,12-13,15-17,19-20,23-31,35H2,1-5H3,(H4-,55,56,57,58,61,62,63,64,65,66)/p+1/t42-,44-,49-/m1/s1. The van der Waals surface area contributed by atoms with E-state index in [4.69, 9.17) is 14.2 Å². The number of unbranched alkanes of at least 4 members (excludes halogenated alkanes) is 3. The average Bonchev–Trinajstić information content (AvgIpc) is 3.95. The fourth-order valence-corrected chi connectivity index (χ4v) is 12.9. The van der Waals surface area contributed by atoms with Gasteiger partial charge in [0.05, 0.1) is 48.8 Å². The third-order valence-corrected chi connectivity index (χ3v) is 16.9. The van der Waals surface area contributed by atoms with E-state index in [9.17, 15) is 27.4 Å². The molecule has 5 N–H and O–H groups in total. The third kappa shape index (κ3) is 12.8. The van der Waals surface area contributed by atoms with Crippen LogP contribution in [0.5, 0.6) is 5.75 Å². The lowest BCUT2D eigenvalue weighted by atomic mass is 9.81. The van der Waals surface area contributed by atoms with Crippen molar-refractivity contribution in [2.45, 2.75) is 139 Å². The monoisotopic (exact) mass is 1020 g/mol. The number of nitrogens with zero attached hydrogens (tertiary/aromatic N) is 2. The molecule has 2 saturated heterocycles. The largest absolute Gasteiger partial charge is 0.460 e. The van der Waals surface area contributed by atoms with Gasteiger partial charge in [0.1, 0.15) is 18.1 Å². The van der Waals surface area contributed by atoms with Crippen molar-refractivity contribution >= 4 is 62.4 Å². The van der Waals surface area contributed by atoms with Gasteiger partial charge in [-0.15, -0.1) is 0 Å². The molecule has 0 unspecified atom stereocenters. The summed E-state index contributed by atoms with van der Waals surface area (Å²) in [4.78, 5) is 38.9. The zero-order valence-corrected chi connectivity index (χ0v) is 44.0. The van der Waals surface area contributed by atoms with Crippen molar-refractivity contribution in [3.63, 3.8) is 0 Å². The minimum Gasteiger partial charge on any atom is -0.460 e. The number of aryl methyl sites for hydroxylation is 1. The molecule has 0 bridgehead atoms. The molecule has 15 nitrogen and oxygen atoms in total. The van der Waals surface area contributed by atoms with Gasteiger partial charge in [-0.05, 0) is 101 Å². The molecule has 8 rings (SSSR count). The van der Waals surface area contributed by atoms with E-state index in [1.165, 1.54) is 22.9 Å². The minimum atomic E-state index is -4.40. The molecule has 0 spiro atoms. The number of benzene rings is 2. The number of anilines is 1. The highest BCUT2D eigenvalue weighted by Gasteiger charge is 2.45. The van der Waals surface area contributed by atoms with Crippen LogP contribution in [0.2, 0.25) is 0 Å². The second-order valence-corrected chi connectivity index (χ2v) is 23.9. The second kappa shape index (κ2) is 23.0. The van der Waals surface area contributed by atoms with Crippen molar-refractivity contribution in [2.75, 3.05) is 69.8 Å². The number of rotatable bonds is 23. The minimum absolute atomic E-state index is 0.0157. The molecule has 6 heterocycles. The molecule has 4 amide bonds. The molecule has 0 saturated carbocycles. The number of amides is 4. The van der Waals surface area contributed by atoms with Crippen LogP contribution in [-0.2, 0) is 47.4 Å². The maximum atomic E-state index is 12.7. The topological polar surface area (TPSA) is 188 Å². The molecule has 17 heteroatoms. The van der Waals surface area contributed by atoms with Gasteiger partial charge in [0.2, 0.25) is 17.5 Å². The van der Waals surface area contributed by atoms with Gasteiger partial charge < -0.3 is 40.4 Å². The Hall–Kier alpha value is -4.68. The Morgan fingerprint density at radius 2 is 1.66 bits per heavy atom. The van der Waals surface area contributed by atoms with Crippen LogP contribution in [0.15, 0.2) is 59.2 Å². The van der Waals surface area contributed by atoms with E-state index in [2.05, 4.69) is 95.7 Å². The highest BCUT2D eigenvalue weighted by Crippen LogP contribution is 2.49. The van der Waals surface area contributed by atoms with Gasteiger partial charge in [0.25, 0.3) is 10.1 Å². The number of urea groups is 1. The van der Waals surface area contributed by atoms with Crippen LogP contribution in [0, 0.1) is 5.41 Å². The van der Waals surface area contributed by atoms with Gasteiger partial charge in [-0.25, -0.2) is 4.79 Å². The van der Waals surface area contributed by atoms with Crippen molar-refractivity contribution in [3.8, 4) is 5.75 Å². The summed E-state index contributed by atoms with van der Waals surface area (Å²) in [5.41, 5.74) is 8.32. The maximum Gasteiger partial charge on any atom is 0.315 e. The molecule has 2 aromatic carbocycles. The summed E-state index contributed by atoms with van der Waals surface area (Å²) in [7, 11) is -4.40. The smallest absolute Gasteiger partial charge is 0.315 e. The van der Waals surface area contributed by atoms with Gasteiger partial charge >= 0.3 is 6.03 Å². The Kier molecular flexibility index (Phi) is 17.1. The van der Waals surface area contributed by atoms with Crippen molar-refractivity contribution in [1.82, 2.24) is 21.3 Å². The quantitative estimate of drug-likeness (QED) is 0.0321. The lowest BCUT2D eigenvalue weighted by Gasteiger charge is -2.40. The highest BCUT2D eigenvalue weighted by molar-refractivity contribution is 8.00. The predicted molar refractivity (Wildman–Crippen MR) is 280 cm³/mol. The number of hydrogen-bond donors (Lipinski definition) is 5. The lowest BCUT2D eigenvalue weighted by Crippen LogP contribution is -2.36. The summed E-state index contributed by atoms with van der Waals surface area (Å²) < 4.78 is 54.9. The van der Waals surface area contributed by atoms with E-state index in [1.807, 2.05) is 11.8 Å². The van der Waals surface area contributed by atoms with Crippen molar-refractivity contribution < 1.29 is 46.1 Å². The van der Waals surface area contributed by atoms with Gasteiger partial charge in [0.15, 0.2) is 5.71 Å². The molecule has 0 aromatic heterocycles. The van der Waals surface area contributed by atoms with Crippen LogP contribution in [0.3, 0.4) is 0 Å². The number of carbonyl (C=O) groups excluding carboxylic acids is 3. The van der Waals surface area contributed by atoms with E-state index in [-0.39, 0.29) is 40.2 Å². The Bertz CT molecular complexity index is 2560. The van der Waals surface area contributed by atoms with Crippen LogP contribution in [0.4, 0.5) is 16.2 Å². The first-order valence-corrected chi connectivity index (χ1v) is 28.3. The normalized spacial score (nSPS) is 21.6. The van der Waals surface area contributed by atoms with Crippen LogP contribution < -0.4 is 30.9 Å². The van der Waals surface area contributed by atoms with E-state index in [1.54, 1.807) is 12.1 Å². The molecule has 3 atom stereocenters. The van der Waals surface area contributed by atoms with Crippen LogP contribution >= 0.6 is 11.8 Å². The van der Waals surface area contributed by atoms with Crippen LogP contribution in [0.1, 0.15) is 121 Å². The number of carbonyl (C=O) groups is 3. The number of fused-ring (bicyclic) bond motifs is 4. The first kappa shape index (κ1) is 52.6. The molecule has 0 radical (unpaired) electrons. The number of ether oxygens (including phenoxy) is 3. The molecular formula is C54H75N6O9S2+. The molecule has 71 heavy (non-hydrogen) atoms. The lowest BCUT2D eigenvalue weighted by molar-refractivity contribution is -0.438. The summed E-state index contributed by atoms with van der Waals surface area (Å²) >= 11 is 1.89. The highest BCUT2D eigenvalue weighted by atomic mass is 32.2. The molecule has 2 aromatic rings. The van der Waals surface area contributed by atoms with Crippen molar-refractivity contribution in [2.24, 2.45) is 5.41 Å². The van der Waals surface area contributed by atoms with Crippen LogP contribution in [-0.4, -0.2) is 123 Å². The fraction of sp³-hybridized carbons (Fsp3) is 0.593. The van der Waals surface area contributed by atoms with Crippen molar-refractivity contribution in [3.05, 3.63) is 76.6 Å². The molecular weight excluding hydrogens is 941 g/mol. The number of thioether (sulfide) groups is 1. The Balaban J connectivity index is 0.781. The Morgan fingerprint density at radius 3 is 2.37 bits per heavy atom. The number of hydrogen-bond acceptors (Lipinski definition) is 10. The van der Waals surface area contributed by atoms with E-state index >= 15 is 0 Å². The number of nitrogens with one attached hydrogen (secondary N) is 4. The Morgan fingerprint density at radius 1 is 0.958 bits per heavy atom. The van der Waals surface area contributed by atoms with E-state index < -0.39 is 15.5 Å². The summed E-state index contributed by atoms with van der Waals surface area (Å²) in [5, 5.41) is 12.2. The molecule has 0 aliphatic carbocycles. The molecule has 386 valence electrons. The maximum absolute atomic E-state index is 12.7. The summed E-state index contributed by atoms with van der Waals surface area (Å²) in [6.45, 7) is 16.0. The molecule has 6 aliphatic heterocycles. The fourth-order valence-electron chi connectivity index (χ4n) is 10.9. The molecule has 6 aliphatic rings. The predicted octanol–water partition coefficient (Wildman–Crippen LogP) is 7.52. The van der Waals surface area contributed by atoms with Crippen LogP contribution in [0.25, 0.3) is 5.57 Å². The summed E-state index contributed by atoms with van der Waals surface area (Å²) in [6, 6.07) is 7.55. The average molecular weight is 1020 g/mol.